The highest BCUT2D eigenvalue weighted by molar-refractivity contribution is 5.82. The highest BCUT2D eigenvalue weighted by Gasteiger charge is 2.83. The summed E-state index contributed by atoms with van der Waals surface area (Å²) in [4.78, 5) is 26.0. The van der Waals surface area contributed by atoms with Crippen LogP contribution in [0.5, 0.6) is 0 Å². The molecule has 3 aliphatic heterocycles. The molecule has 0 amide bonds. The molecule has 0 unspecified atom stereocenters. The van der Waals surface area contributed by atoms with Gasteiger partial charge in [0.05, 0.1) is 56.1 Å². The van der Waals surface area contributed by atoms with Crippen LogP contribution in [0.4, 0.5) is 0 Å². The highest BCUT2D eigenvalue weighted by Crippen LogP contribution is 2.72. The maximum Gasteiger partial charge on any atom is 0.331 e. The molecule has 2 aliphatic carbocycles. The molecular formula is C29H40O10. The Hall–Kier alpha value is -2.08. The summed E-state index contributed by atoms with van der Waals surface area (Å²) in [5.74, 6) is -1.44. The van der Waals surface area contributed by atoms with Crippen molar-refractivity contribution in [3.8, 4) is 0 Å². The summed E-state index contributed by atoms with van der Waals surface area (Å²) in [5.41, 5.74) is -1.25. The van der Waals surface area contributed by atoms with Gasteiger partial charge in [-0.1, -0.05) is 38.2 Å². The Labute approximate surface area is 228 Å². The molecule has 0 aromatic rings. The number of carbonyl (C=O) groups is 2. The van der Waals surface area contributed by atoms with Gasteiger partial charge in [0.2, 0.25) is 0 Å². The van der Waals surface area contributed by atoms with E-state index in [1.165, 1.54) is 12.2 Å². The molecule has 10 atom stereocenters. The van der Waals surface area contributed by atoms with Crippen LogP contribution in [0.1, 0.15) is 46.5 Å². The maximum atomic E-state index is 13.0. The van der Waals surface area contributed by atoms with Gasteiger partial charge in [0.1, 0.15) is 24.4 Å². The van der Waals surface area contributed by atoms with Gasteiger partial charge in [0.25, 0.3) is 0 Å². The van der Waals surface area contributed by atoms with E-state index < -0.39 is 64.8 Å². The summed E-state index contributed by atoms with van der Waals surface area (Å²) < 4.78 is 30.3. The Morgan fingerprint density at radius 2 is 1.95 bits per heavy atom. The van der Waals surface area contributed by atoms with Crippen LogP contribution in [0.25, 0.3) is 0 Å². The molecule has 0 radical (unpaired) electrons. The zero-order valence-electron chi connectivity index (χ0n) is 22.8. The predicted octanol–water partition coefficient (Wildman–Crippen LogP) is 1.37. The monoisotopic (exact) mass is 548 g/mol. The van der Waals surface area contributed by atoms with Crippen LogP contribution in [0.3, 0.4) is 0 Å². The Kier molecular flexibility index (Phi) is 7.82. The molecule has 3 fully saturated rings. The highest BCUT2D eigenvalue weighted by atomic mass is 16.6. The van der Waals surface area contributed by atoms with Crippen LogP contribution < -0.4 is 0 Å². The van der Waals surface area contributed by atoms with E-state index in [-0.39, 0.29) is 32.3 Å². The van der Waals surface area contributed by atoms with Crippen molar-refractivity contribution < 1.29 is 48.6 Å². The first-order chi connectivity index (χ1) is 18.6. The molecule has 216 valence electrons. The number of hydrogen-bond donors (Lipinski definition) is 3. The molecule has 2 bridgehead atoms. The average Bonchev–Trinajstić information content (AvgIpc) is 3.68. The van der Waals surface area contributed by atoms with E-state index in [0.717, 1.165) is 5.57 Å². The van der Waals surface area contributed by atoms with Crippen molar-refractivity contribution in [2.75, 3.05) is 26.4 Å². The van der Waals surface area contributed by atoms with Gasteiger partial charge in [-0.05, 0) is 31.3 Å². The summed E-state index contributed by atoms with van der Waals surface area (Å²) in [7, 11) is 0. The third kappa shape index (κ3) is 4.79. The summed E-state index contributed by atoms with van der Waals surface area (Å²) in [6.07, 6.45) is 5.72. The molecular weight excluding hydrogens is 508 g/mol. The number of allylic oxidation sites excluding steroid dienone is 2. The Morgan fingerprint density at radius 1 is 1.18 bits per heavy atom. The standard InChI is InChI=1S/C29H40O10/c1-17-10-26(34)36-15-28-9-8-19(13-30)11-23(28)38-24-12-22(27(28,3)29(24)16-37-29)39-25(33)7-5-4-6-21(18(2)31)35-14-20(17)32/h4-7,11,17-18,20-24,30-32H,8-10,12-16H2,1-3H3/b6-4+,7-5-/t17-,18+,20-,21-,22-,23-,24-,27-,28+,29+/m1/s1. The molecule has 3 heterocycles. The van der Waals surface area contributed by atoms with E-state index in [2.05, 4.69) is 6.92 Å². The number of esters is 2. The van der Waals surface area contributed by atoms with E-state index in [1.54, 1.807) is 26.0 Å². The van der Waals surface area contributed by atoms with E-state index in [9.17, 15) is 24.9 Å². The lowest BCUT2D eigenvalue weighted by Gasteiger charge is -2.58. The van der Waals surface area contributed by atoms with Crippen LogP contribution in [0, 0.1) is 16.7 Å². The fourth-order valence-corrected chi connectivity index (χ4v) is 7.07. The topological polar surface area (TPSA) is 144 Å². The van der Waals surface area contributed by atoms with Crippen molar-refractivity contribution >= 4 is 11.9 Å². The molecule has 2 spiro atoms. The van der Waals surface area contributed by atoms with Crippen molar-refractivity contribution in [3.63, 3.8) is 0 Å². The zero-order chi connectivity index (χ0) is 28.0. The van der Waals surface area contributed by atoms with Gasteiger partial charge in [-0.15, -0.1) is 0 Å². The lowest BCUT2D eigenvalue weighted by atomic mass is 9.51. The molecule has 5 aliphatic rings. The van der Waals surface area contributed by atoms with Crippen LogP contribution >= 0.6 is 0 Å². The molecule has 0 aromatic carbocycles. The largest absolute Gasteiger partial charge is 0.465 e. The number of hydrogen-bond acceptors (Lipinski definition) is 10. The maximum absolute atomic E-state index is 13.0. The third-order valence-corrected chi connectivity index (χ3v) is 9.77. The normalized spacial score (nSPS) is 47.1. The van der Waals surface area contributed by atoms with E-state index >= 15 is 0 Å². The number of aliphatic hydroxyl groups is 3. The number of epoxide rings is 1. The summed E-state index contributed by atoms with van der Waals surface area (Å²) in [6, 6.07) is 0. The zero-order valence-corrected chi connectivity index (χ0v) is 22.8. The summed E-state index contributed by atoms with van der Waals surface area (Å²) in [6.45, 7) is 5.68. The quantitative estimate of drug-likeness (QED) is 0.263. The molecule has 10 nitrogen and oxygen atoms in total. The average molecular weight is 549 g/mol. The summed E-state index contributed by atoms with van der Waals surface area (Å²) >= 11 is 0. The van der Waals surface area contributed by atoms with Crippen LogP contribution in [0.2, 0.25) is 0 Å². The second-order valence-corrected chi connectivity index (χ2v) is 11.9. The number of carbonyl (C=O) groups excluding carboxylic acids is 2. The third-order valence-electron chi connectivity index (χ3n) is 9.77. The molecule has 10 heteroatoms. The Morgan fingerprint density at radius 3 is 2.64 bits per heavy atom. The van der Waals surface area contributed by atoms with E-state index in [4.69, 9.17) is 23.7 Å². The van der Waals surface area contributed by atoms with E-state index in [0.29, 0.717) is 25.9 Å². The van der Waals surface area contributed by atoms with Crippen molar-refractivity contribution in [1.29, 1.82) is 0 Å². The van der Waals surface area contributed by atoms with Gasteiger partial charge >= 0.3 is 11.9 Å². The predicted molar refractivity (Wildman–Crippen MR) is 137 cm³/mol. The fourth-order valence-electron chi connectivity index (χ4n) is 7.07. The van der Waals surface area contributed by atoms with Gasteiger partial charge in [0, 0.05) is 17.9 Å². The number of rotatable bonds is 2. The number of cyclic esters (lactones) is 1. The fraction of sp³-hybridized carbons (Fsp3) is 0.724. The molecule has 5 rings (SSSR count). The minimum absolute atomic E-state index is 0.0239. The van der Waals surface area contributed by atoms with Gasteiger partial charge < -0.3 is 39.0 Å². The number of aliphatic hydroxyl groups excluding tert-OH is 3. The molecule has 2 saturated heterocycles. The van der Waals surface area contributed by atoms with Crippen LogP contribution in [-0.4, -0.2) is 95.9 Å². The smallest absolute Gasteiger partial charge is 0.331 e. The second-order valence-electron chi connectivity index (χ2n) is 11.9. The SMILES string of the molecule is C[C@H](O)[C@H]1/C=C/C=C\C(=O)O[C@@H]2C[C@H]3O[C@@H]4C=C(CO)CC[C@@]4(COC(=O)C[C@@H](C)[C@H](O)CO1)[C@]2(C)[C@]31CO1. The van der Waals surface area contributed by atoms with Crippen molar-refractivity contribution in [1.82, 2.24) is 0 Å². The first kappa shape index (κ1) is 28.4. The summed E-state index contributed by atoms with van der Waals surface area (Å²) in [5, 5.41) is 30.5. The van der Waals surface area contributed by atoms with Crippen molar-refractivity contribution in [2.24, 2.45) is 16.7 Å². The van der Waals surface area contributed by atoms with Gasteiger partial charge in [-0.2, -0.15) is 0 Å². The Balaban J connectivity index is 1.50. The lowest BCUT2D eigenvalue weighted by molar-refractivity contribution is -0.233. The van der Waals surface area contributed by atoms with Crippen molar-refractivity contribution in [3.05, 3.63) is 36.0 Å². The number of ether oxygens (including phenoxy) is 5. The van der Waals surface area contributed by atoms with Crippen LogP contribution in [0.15, 0.2) is 36.0 Å². The minimum Gasteiger partial charge on any atom is -0.465 e. The Bertz CT molecular complexity index is 1040. The first-order valence-corrected chi connectivity index (χ1v) is 13.8. The minimum atomic E-state index is -0.953. The van der Waals surface area contributed by atoms with E-state index in [1.807, 2.05) is 6.08 Å². The van der Waals surface area contributed by atoms with Gasteiger partial charge in [-0.3, -0.25) is 4.79 Å². The second kappa shape index (κ2) is 10.7. The molecule has 1 saturated carbocycles. The van der Waals surface area contributed by atoms with Crippen LogP contribution in [-0.2, 0) is 33.3 Å². The van der Waals surface area contributed by atoms with Gasteiger partial charge in [-0.25, -0.2) is 4.79 Å². The molecule has 3 N–H and O–H groups in total. The first-order valence-electron chi connectivity index (χ1n) is 13.8. The molecule has 0 aromatic heterocycles. The van der Waals surface area contributed by atoms with Gasteiger partial charge in [0.15, 0.2) is 0 Å². The molecule has 39 heavy (non-hydrogen) atoms. The lowest BCUT2D eigenvalue weighted by Crippen LogP contribution is -2.66. The van der Waals surface area contributed by atoms with Crippen molar-refractivity contribution in [2.45, 2.75) is 88.7 Å².